The molecule has 2 aromatic rings. The molecular formula is C40H51N2O13S3-. The van der Waals surface area contributed by atoms with E-state index >= 15 is 0 Å². The maximum atomic E-state index is 12.1. The van der Waals surface area contributed by atoms with Gasteiger partial charge in [0.2, 0.25) is 5.69 Å². The van der Waals surface area contributed by atoms with Gasteiger partial charge in [0.1, 0.15) is 16.7 Å². The Morgan fingerprint density at radius 3 is 2.10 bits per heavy atom. The molecular weight excluding hydrogens is 813 g/mol. The minimum Gasteiger partial charge on any atom is -0.748 e. The number of hydrogen-bond donors (Lipinski definition) is 2. The number of fused-ring (bicyclic) bond motifs is 2. The molecule has 2 atom stereocenters. The van der Waals surface area contributed by atoms with E-state index in [0.29, 0.717) is 74.5 Å². The minimum atomic E-state index is -4.81. The van der Waals surface area contributed by atoms with Crippen LogP contribution in [-0.2, 0) is 55.5 Å². The molecule has 2 aliphatic rings. The van der Waals surface area contributed by atoms with Crippen molar-refractivity contribution in [3.05, 3.63) is 95.8 Å². The number of aliphatic carboxylic acids is 1. The molecule has 2 aliphatic heterocycles. The zero-order chi connectivity index (χ0) is 42.9. The molecule has 0 amide bonds. The summed E-state index contributed by atoms with van der Waals surface area (Å²) in [5.74, 6) is -1.48. The van der Waals surface area contributed by atoms with E-state index in [1.807, 2.05) is 36.7 Å². The van der Waals surface area contributed by atoms with Crippen LogP contribution in [0.15, 0.2) is 94.4 Å². The highest BCUT2D eigenvalue weighted by atomic mass is 32.2. The van der Waals surface area contributed by atoms with Crippen LogP contribution in [0.25, 0.3) is 0 Å². The second-order valence-corrected chi connectivity index (χ2v) is 19.0. The summed E-state index contributed by atoms with van der Waals surface area (Å²) in [6, 6.07) is 8.58. The molecule has 0 aliphatic carbocycles. The first-order chi connectivity index (χ1) is 27.2. The van der Waals surface area contributed by atoms with Crippen molar-refractivity contribution in [3.8, 4) is 0 Å². The van der Waals surface area contributed by atoms with Crippen LogP contribution in [0.3, 0.4) is 0 Å². The van der Waals surface area contributed by atoms with Crippen LogP contribution in [0.1, 0.15) is 69.9 Å². The maximum absolute atomic E-state index is 12.1. The van der Waals surface area contributed by atoms with Crippen molar-refractivity contribution in [2.24, 2.45) is 0 Å². The van der Waals surface area contributed by atoms with Gasteiger partial charge >= 0.3 is 5.97 Å². The first-order valence-electron chi connectivity index (χ1n) is 18.7. The van der Waals surface area contributed by atoms with Crippen LogP contribution < -0.4 is 4.90 Å². The van der Waals surface area contributed by atoms with Crippen LogP contribution in [0, 0.1) is 0 Å². The van der Waals surface area contributed by atoms with E-state index in [-0.39, 0.29) is 24.2 Å². The molecule has 0 radical (unpaired) electrons. The van der Waals surface area contributed by atoms with Gasteiger partial charge in [-0.15, -0.1) is 0 Å². The van der Waals surface area contributed by atoms with Crippen LogP contribution in [-0.4, -0.2) is 107 Å². The number of unbranched alkanes of at least 4 members (excludes halogenated alkanes) is 2. The van der Waals surface area contributed by atoms with Gasteiger partial charge in [0.05, 0.1) is 25.3 Å². The molecule has 0 spiro atoms. The number of nitrogens with zero attached hydrogens (tertiary/aromatic N) is 2. The van der Waals surface area contributed by atoms with Crippen LogP contribution in [0.4, 0.5) is 11.4 Å². The first kappa shape index (κ1) is 46.7. The molecule has 0 fully saturated rings. The minimum absolute atomic E-state index is 0.0114. The predicted molar refractivity (Wildman–Crippen MR) is 216 cm³/mol. The quantitative estimate of drug-likeness (QED) is 0.0673. The SMILES string of the molecule is COCC[N+]1=C(/C=C/C=C/C=C/C=C2/N(CCCCCC(=O)O)c3ccc(S(=O)(=O)O)cc3C2(C)CCOC)C(C)(CCCS(=O)(=O)[O-])c2cc(S(=O)(=O)[O-])ccc21. The normalized spacial score (nSPS) is 20.7. The molecule has 0 aromatic heterocycles. The highest BCUT2D eigenvalue weighted by Crippen LogP contribution is 2.51. The van der Waals surface area contributed by atoms with E-state index in [0.717, 1.165) is 11.4 Å². The van der Waals surface area contributed by atoms with Crippen LogP contribution in [0.5, 0.6) is 0 Å². The Morgan fingerprint density at radius 2 is 1.47 bits per heavy atom. The Balaban J connectivity index is 1.70. The summed E-state index contributed by atoms with van der Waals surface area (Å²) in [6.45, 7) is 5.32. The number of carboxylic acid groups (broad SMARTS) is 1. The lowest BCUT2D eigenvalue weighted by Gasteiger charge is -2.30. The van der Waals surface area contributed by atoms with Gasteiger partial charge in [-0.3, -0.25) is 9.35 Å². The number of anilines is 1. The van der Waals surface area contributed by atoms with Crippen molar-refractivity contribution in [3.63, 3.8) is 0 Å². The van der Waals surface area contributed by atoms with Crippen molar-refractivity contribution >= 4 is 53.4 Å². The average Bonchev–Trinajstić information content (AvgIpc) is 3.50. The number of rotatable bonds is 22. The zero-order valence-corrected chi connectivity index (χ0v) is 35.4. The van der Waals surface area contributed by atoms with Gasteiger partial charge < -0.3 is 28.6 Å². The Kier molecular flexibility index (Phi) is 15.6. The first-order valence-corrected chi connectivity index (χ1v) is 23.1. The third-order valence-electron chi connectivity index (χ3n) is 10.6. The molecule has 18 heteroatoms. The third kappa shape index (κ3) is 11.4. The van der Waals surface area contributed by atoms with Crippen molar-refractivity contribution in [1.82, 2.24) is 0 Å². The van der Waals surface area contributed by atoms with Crippen molar-refractivity contribution in [2.45, 2.75) is 79.4 Å². The topological polar surface area (TPSA) is 231 Å². The number of hydrogen-bond acceptors (Lipinski definition) is 12. The number of allylic oxidation sites excluding steroid dienone is 8. The number of carboxylic acids is 1. The molecule has 15 nitrogen and oxygen atoms in total. The van der Waals surface area contributed by atoms with Gasteiger partial charge in [0.25, 0.3) is 10.1 Å². The second kappa shape index (κ2) is 19.4. The average molecular weight is 864 g/mol. The largest absolute Gasteiger partial charge is 0.748 e. The molecule has 0 bridgehead atoms. The van der Waals surface area contributed by atoms with Crippen LogP contribution >= 0.6 is 0 Å². The molecule has 2 unspecified atom stereocenters. The van der Waals surface area contributed by atoms with E-state index in [9.17, 15) is 43.7 Å². The molecule has 58 heavy (non-hydrogen) atoms. The van der Waals surface area contributed by atoms with Crippen molar-refractivity contribution in [2.75, 3.05) is 51.2 Å². The summed E-state index contributed by atoms with van der Waals surface area (Å²) in [4.78, 5) is 12.5. The Labute approximate surface area is 341 Å². The fourth-order valence-electron chi connectivity index (χ4n) is 7.69. The lowest BCUT2D eigenvalue weighted by Crippen LogP contribution is -2.32. The van der Waals surface area contributed by atoms with Crippen molar-refractivity contribution < 1.29 is 62.9 Å². The smallest absolute Gasteiger partial charge is 0.303 e. The molecule has 2 aromatic carbocycles. The number of methoxy groups -OCH3 is 2. The highest BCUT2D eigenvalue weighted by Gasteiger charge is 2.48. The summed E-state index contributed by atoms with van der Waals surface area (Å²) < 4.78 is 117. The molecule has 2 heterocycles. The zero-order valence-electron chi connectivity index (χ0n) is 33.0. The highest BCUT2D eigenvalue weighted by molar-refractivity contribution is 7.86. The van der Waals surface area contributed by atoms with Gasteiger partial charge in [-0.1, -0.05) is 36.8 Å². The molecule has 0 saturated heterocycles. The maximum Gasteiger partial charge on any atom is 0.303 e. The summed E-state index contributed by atoms with van der Waals surface area (Å²) >= 11 is 0. The Bertz CT molecular complexity index is 2330. The van der Waals surface area contributed by atoms with Gasteiger partial charge in [-0.2, -0.15) is 13.0 Å². The summed E-state index contributed by atoms with van der Waals surface area (Å²) in [5.41, 5.74) is 2.43. The molecule has 0 saturated carbocycles. The molecule has 2 N–H and O–H groups in total. The monoisotopic (exact) mass is 863 g/mol. The summed E-state index contributed by atoms with van der Waals surface area (Å²) in [5, 5.41) is 9.08. The van der Waals surface area contributed by atoms with Gasteiger partial charge in [-0.25, -0.2) is 16.8 Å². The lowest BCUT2D eigenvalue weighted by molar-refractivity contribution is -0.441. The Hall–Kier alpha value is -4.01. The van der Waals surface area contributed by atoms with E-state index in [2.05, 4.69) is 4.90 Å². The predicted octanol–water partition coefficient (Wildman–Crippen LogP) is 5.18. The van der Waals surface area contributed by atoms with E-state index < -0.39 is 57.8 Å². The molecule has 318 valence electrons. The molecule has 4 rings (SSSR count). The van der Waals surface area contributed by atoms with Gasteiger partial charge in [0.15, 0.2) is 12.3 Å². The summed E-state index contributed by atoms with van der Waals surface area (Å²) in [6.07, 6.45) is 15.2. The van der Waals surface area contributed by atoms with E-state index in [1.165, 1.54) is 37.4 Å². The third-order valence-corrected chi connectivity index (χ3v) is 13.1. The van der Waals surface area contributed by atoms with E-state index in [4.69, 9.17) is 14.6 Å². The number of benzene rings is 2. The van der Waals surface area contributed by atoms with Crippen molar-refractivity contribution in [1.29, 1.82) is 0 Å². The van der Waals surface area contributed by atoms with Crippen LogP contribution in [0.2, 0.25) is 0 Å². The number of ether oxygens (including phenoxy) is 2. The van der Waals surface area contributed by atoms with E-state index in [1.54, 1.807) is 37.5 Å². The lowest BCUT2D eigenvalue weighted by atomic mass is 9.76. The summed E-state index contributed by atoms with van der Waals surface area (Å²) in [7, 11) is -10.7. The fourth-order valence-corrected chi connectivity index (χ4v) is 9.19. The standard InChI is InChI=1S/C40H52N2O13S3/c1-39(21-13-27-56(45,46)47)32-28-30(57(48,49)50)18-20-35(32)42(24-26-55-4)36(39)14-9-6-5-7-10-15-37-40(2,22-25-54-3)33-29-31(58(51,52)53)17-19-34(33)41(37)23-12-8-11-16-38(43)44/h5-7,9-10,14-15,17-20,28-29H,8,11-13,16,21-27H2,1-4H3,(H3-,43,44,45,46,47,48,49,50,51,52,53)/p-1. The second-order valence-electron chi connectivity index (χ2n) is 14.6. The van der Waals surface area contributed by atoms with Gasteiger partial charge in [-0.05, 0) is 87.9 Å². The number of carbonyl (C=O) groups is 1. The fraction of sp³-hybridized carbons (Fsp3) is 0.450. The van der Waals surface area contributed by atoms with Gasteiger partial charge in [0, 0.05) is 74.1 Å². The Morgan fingerprint density at radius 1 is 0.810 bits per heavy atom.